The lowest BCUT2D eigenvalue weighted by Gasteiger charge is -2.38. The van der Waals surface area contributed by atoms with Crippen LogP contribution in [0.25, 0.3) is 5.76 Å². The second-order valence-electron chi connectivity index (χ2n) is 4.29. The molecular formula is C12H15NO. The smallest absolute Gasteiger partial charge is 0.122 e. The van der Waals surface area contributed by atoms with Gasteiger partial charge >= 0.3 is 0 Å². The normalized spacial score (nSPS) is 23.9. The SMILES string of the molecule is C=C1OC(C)(C)[C@@H](C)c2ncccc21. The van der Waals surface area contributed by atoms with E-state index in [0.717, 1.165) is 17.0 Å². The van der Waals surface area contributed by atoms with Crippen molar-refractivity contribution in [3.8, 4) is 0 Å². The quantitative estimate of drug-likeness (QED) is 0.626. The van der Waals surface area contributed by atoms with Crippen LogP contribution >= 0.6 is 0 Å². The summed E-state index contributed by atoms with van der Waals surface area (Å²) in [6.07, 6.45) is 1.82. The van der Waals surface area contributed by atoms with Crippen molar-refractivity contribution >= 4 is 5.76 Å². The van der Waals surface area contributed by atoms with Crippen LogP contribution in [0.5, 0.6) is 0 Å². The molecule has 2 heteroatoms. The van der Waals surface area contributed by atoms with E-state index in [0.29, 0.717) is 5.92 Å². The van der Waals surface area contributed by atoms with E-state index in [9.17, 15) is 0 Å². The molecule has 2 heterocycles. The Morgan fingerprint density at radius 2 is 2.21 bits per heavy atom. The lowest BCUT2D eigenvalue weighted by atomic mass is 9.84. The fraction of sp³-hybridized carbons (Fsp3) is 0.417. The minimum Gasteiger partial charge on any atom is -0.487 e. The lowest BCUT2D eigenvalue weighted by Crippen LogP contribution is -2.35. The summed E-state index contributed by atoms with van der Waals surface area (Å²) in [5.74, 6) is 1.03. The van der Waals surface area contributed by atoms with E-state index in [1.165, 1.54) is 0 Å². The standard InChI is InChI=1S/C12H15NO/c1-8-11-10(6-5-7-13-11)9(2)14-12(8,3)4/h5-8H,2H2,1,3-4H3/t8-/m0/s1. The fourth-order valence-electron chi connectivity index (χ4n) is 1.79. The van der Waals surface area contributed by atoms with Gasteiger partial charge in [0, 0.05) is 17.7 Å². The third-order valence-electron chi connectivity index (χ3n) is 2.98. The number of pyridine rings is 1. The number of nitrogens with zero attached hydrogens (tertiary/aromatic N) is 1. The average Bonchev–Trinajstić information content (AvgIpc) is 2.14. The number of ether oxygens (including phenoxy) is 1. The van der Waals surface area contributed by atoms with Crippen molar-refractivity contribution in [2.45, 2.75) is 32.3 Å². The van der Waals surface area contributed by atoms with Gasteiger partial charge in [-0.15, -0.1) is 0 Å². The highest BCUT2D eigenvalue weighted by molar-refractivity contribution is 5.62. The van der Waals surface area contributed by atoms with Crippen LogP contribution in [0.4, 0.5) is 0 Å². The van der Waals surface area contributed by atoms with Gasteiger partial charge in [0.2, 0.25) is 0 Å². The van der Waals surface area contributed by atoms with Gasteiger partial charge in [-0.1, -0.05) is 13.5 Å². The predicted octanol–water partition coefficient (Wildman–Crippen LogP) is 2.96. The van der Waals surface area contributed by atoms with Gasteiger partial charge in [-0.3, -0.25) is 4.98 Å². The van der Waals surface area contributed by atoms with Crippen LogP contribution < -0.4 is 0 Å². The Labute approximate surface area is 84.6 Å². The minimum absolute atomic E-state index is 0.210. The van der Waals surface area contributed by atoms with E-state index >= 15 is 0 Å². The first-order chi connectivity index (χ1) is 6.52. The summed E-state index contributed by atoms with van der Waals surface area (Å²) in [7, 11) is 0. The molecule has 1 aromatic rings. The van der Waals surface area contributed by atoms with Gasteiger partial charge in [0.15, 0.2) is 0 Å². The number of hydrogen-bond acceptors (Lipinski definition) is 2. The van der Waals surface area contributed by atoms with Crippen LogP contribution in [-0.2, 0) is 4.74 Å². The third-order valence-corrected chi connectivity index (χ3v) is 2.98. The topological polar surface area (TPSA) is 22.1 Å². The molecule has 0 aliphatic carbocycles. The molecule has 1 aliphatic heterocycles. The Morgan fingerprint density at radius 1 is 1.50 bits per heavy atom. The van der Waals surface area contributed by atoms with Crippen molar-refractivity contribution < 1.29 is 4.74 Å². The monoisotopic (exact) mass is 189 g/mol. The third kappa shape index (κ3) is 1.22. The zero-order valence-electron chi connectivity index (χ0n) is 8.87. The molecule has 2 rings (SSSR count). The summed E-state index contributed by atoms with van der Waals surface area (Å²) in [5.41, 5.74) is 1.92. The maximum atomic E-state index is 5.78. The van der Waals surface area contributed by atoms with Gasteiger partial charge in [0.05, 0.1) is 5.69 Å². The van der Waals surface area contributed by atoms with Gasteiger partial charge in [-0.25, -0.2) is 0 Å². The van der Waals surface area contributed by atoms with Crippen molar-refractivity contribution in [1.29, 1.82) is 0 Å². The molecule has 0 saturated heterocycles. The van der Waals surface area contributed by atoms with Crippen LogP contribution in [-0.4, -0.2) is 10.6 Å². The van der Waals surface area contributed by atoms with E-state index in [1.807, 2.05) is 18.3 Å². The summed E-state index contributed by atoms with van der Waals surface area (Å²) in [6.45, 7) is 10.2. The number of aromatic nitrogens is 1. The van der Waals surface area contributed by atoms with E-state index in [4.69, 9.17) is 4.74 Å². The average molecular weight is 189 g/mol. The molecule has 1 aliphatic rings. The Bertz CT molecular complexity index is 382. The molecule has 0 saturated carbocycles. The number of hydrogen-bond donors (Lipinski definition) is 0. The van der Waals surface area contributed by atoms with Gasteiger partial charge in [-0.05, 0) is 26.0 Å². The lowest BCUT2D eigenvalue weighted by molar-refractivity contribution is 0.0434. The van der Waals surface area contributed by atoms with Crippen molar-refractivity contribution in [3.63, 3.8) is 0 Å². The molecule has 1 atom stereocenters. The summed E-state index contributed by atoms with van der Waals surface area (Å²) >= 11 is 0. The summed E-state index contributed by atoms with van der Waals surface area (Å²) in [5, 5.41) is 0. The summed E-state index contributed by atoms with van der Waals surface area (Å²) in [4.78, 5) is 4.41. The Kier molecular flexibility index (Phi) is 1.88. The van der Waals surface area contributed by atoms with E-state index in [1.54, 1.807) is 0 Å². The van der Waals surface area contributed by atoms with Crippen molar-refractivity contribution in [2.24, 2.45) is 0 Å². The maximum Gasteiger partial charge on any atom is 0.122 e. The maximum absolute atomic E-state index is 5.78. The zero-order chi connectivity index (χ0) is 10.3. The molecule has 0 N–H and O–H groups in total. The largest absolute Gasteiger partial charge is 0.487 e. The predicted molar refractivity (Wildman–Crippen MR) is 56.9 cm³/mol. The molecule has 0 spiro atoms. The first kappa shape index (κ1) is 9.25. The highest BCUT2D eigenvalue weighted by Gasteiger charge is 2.36. The molecule has 2 nitrogen and oxygen atoms in total. The summed E-state index contributed by atoms with van der Waals surface area (Å²) < 4.78 is 5.78. The van der Waals surface area contributed by atoms with Gasteiger partial charge in [-0.2, -0.15) is 0 Å². The van der Waals surface area contributed by atoms with Crippen LogP contribution in [0.15, 0.2) is 24.9 Å². The molecular weight excluding hydrogens is 174 g/mol. The molecule has 1 aromatic heterocycles. The molecule has 0 amide bonds. The van der Waals surface area contributed by atoms with Crippen molar-refractivity contribution in [1.82, 2.24) is 4.98 Å². The van der Waals surface area contributed by atoms with Gasteiger partial charge < -0.3 is 4.74 Å². The van der Waals surface area contributed by atoms with Crippen molar-refractivity contribution in [3.05, 3.63) is 36.2 Å². The van der Waals surface area contributed by atoms with Crippen LogP contribution in [0, 0.1) is 0 Å². The second-order valence-corrected chi connectivity index (χ2v) is 4.29. The molecule has 0 unspecified atom stereocenters. The number of fused-ring (bicyclic) bond motifs is 1. The number of rotatable bonds is 0. The summed E-state index contributed by atoms with van der Waals surface area (Å²) in [6, 6.07) is 3.93. The molecule has 14 heavy (non-hydrogen) atoms. The van der Waals surface area contributed by atoms with Crippen LogP contribution in [0.3, 0.4) is 0 Å². The molecule has 74 valence electrons. The highest BCUT2D eigenvalue weighted by Crippen LogP contribution is 2.41. The first-order valence-electron chi connectivity index (χ1n) is 4.85. The zero-order valence-corrected chi connectivity index (χ0v) is 8.87. The minimum atomic E-state index is -0.210. The molecule has 0 fully saturated rings. The van der Waals surface area contributed by atoms with E-state index < -0.39 is 0 Å². The fourth-order valence-corrected chi connectivity index (χ4v) is 1.79. The van der Waals surface area contributed by atoms with E-state index in [2.05, 4.69) is 32.3 Å². The molecule has 0 radical (unpaired) electrons. The Balaban J connectivity index is 2.57. The van der Waals surface area contributed by atoms with Crippen molar-refractivity contribution in [2.75, 3.05) is 0 Å². The Hall–Kier alpha value is -1.31. The first-order valence-corrected chi connectivity index (χ1v) is 4.85. The molecule has 0 bridgehead atoms. The Morgan fingerprint density at radius 3 is 2.93 bits per heavy atom. The molecule has 0 aromatic carbocycles. The second kappa shape index (κ2) is 2.84. The van der Waals surface area contributed by atoms with Crippen LogP contribution in [0.2, 0.25) is 0 Å². The highest BCUT2D eigenvalue weighted by atomic mass is 16.5. The van der Waals surface area contributed by atoms with Crippen LogP contribution in [0.1, 0.15) is 37.9 Å². The van der Waals surface area contributed by atoms with Gasteiger partial charge in [0.1, 0.15) is 11.4 Å². The van der Waals surface area contributed by atoms with E-state index in [-0.39, 0.29) is 5.60 Å². The van der Waals surface area contributed by atoms with Gasteiger partial charge in [0.25, 0.3) is 0 Å².